The summed E-state index contributed by atoms with van der Waals surface area (Å²) < 4.78 is 10.5. The summed E-state index contributed by atoms with van der Waals surface area (Å²) >= 11 is 0. The van der Waals surface area contributed by atoms with Gasteiger partial charge in [-0.3, -0.25) is 4.79 Å². The van der Waals surface area contributed by atoms with Crippen LogP contribution in [-0.4, -0.2) is 46.5 Å². The summed E-state index contributed by atoms with van der Waals surface area (Å²) in [5.74, 6) is 1.51. The summed E-state index contributed by atoms with van der Waals surface area (Å²) in [5.41, 5.74) is 5.56. The van der Waals surface area contributed by atoms with Gasteiger partial charge in [0.25, 0.3) is 5.91 Å². The van der Waals surface area contributed by atoms with Crippen molar-refractivity contribution >= 4 is 12.1 Å². The van der Waals surface area contributed by atoms with Gasteiger partial charge < -0.3 is 9.47 Å². The van der Waals surface area contributed by atoms with Gasteiger partial charge in [0.2, 0.25) is 5.82 Å². The predicted molar refractivity (Wildman–Crippen MR) is 123 cm³/mol. The molecule has 33 heavy (non-hydrogen) atoms. The average molecular weight is 442 g/mol. The highest BCUT2D eigenvalue weighted by atomic mass is 16.5. The molecule has 9 nitrogen and oxygen atoms in total. The molecule has 0 atom stereocenters. The zero-order valence-corrected chi connectivity index (χ0v) is 18.2. The van der Waals surface area contributed by atoms with Gasteiger partial charge in [-0.1, -0.05) is 42.5 Å². The number of hydrogen-bond acceptors (Lipinski definition) is 7. The fourth-order valence-corrected chi connectivity index (χ4v) is 3.09. The standard InChI is InChI=1S/C24H22N6O3/c1-32-21-13-12-20(22(14-21)33-2)15-25-27-24(31)19-10-8-17(9-11-19)16-30-28-23(26-29-30)18-6-4-3-5-7-18/h3-15H,16H2,1-2H3,(H,27,31)/b25-15+. The Morgan fingerprint density at radius 2 is 1.82 bits per heavy atom. The van der Waals surface area contributed by atoms with E-state index in [1.807, 2.05) is 42.5 Å². The van der Waals surface area contributed by atoms with E-state index in [-0.39, 0.29) is 5.91 Å². The Morgan fingerprint density at radius 3 is 2.55 bits per heavy atom. The molecular weight excluding hydrogens is 420 g/mol. The number of hydrazone groups is 1. The molecule has 0 saturated carbocycles. The van der Waals surface area contributed by atoms with Crippen molar-refractivity contribution in [2.24, 2.45) is 5.10 Å². The van der Waals surface area contributed by atoms with Gasteiger partial charge >= 0.3 is 0 Å². The third kappa shape index (κ3) is 5.40. The molecule has 0 aliphatic heterocycles. The van der Waals surface area contributed by atoms with Crippen LogP contribution in [0.5, 0.6) is 11.5 Å². The van der Waals surface area contributed by atoms with E-state index in [1.54, 1.807) is 44.6 Å². The highest BCUT2D eigenvalue weighted by Gasteiger charge is 2.08. The number of methoxy groups -OCH3 is 2. The summed E-state index contributed by atoms with van der Waals surface area (Å²) in [6, 6.07) is 22.1. The second kappa shape index (κ2) is 10.2. The summed E-state index contributed by atoms with van der Waals surface area (Å²) in [5, 5.41) is 16.6. The quantitative estimate of drug-likeness (QED) is 0.332. The Hall–Kier alpha value is -4.53. The van der Waals surface area contributed by atoms with Crippen LogP contribution in [0.4, 0.5) is 0 Å². The zero-order valence-electron chi connectivity index (χ0n) is 18.2. The van der Waals surface area contributed by atoms with Gasteiger partial charge in [0, 0.05) is 22.8 Å². The number of benzene rings is 3. The minimum Gasteiger partial charge on any atom is -0.497 e. The summed E-state index contributed by atoms with van der Waals surface area (Å²) in [7, 11) is 3.14. The second-order valence-corrected chi connectivity index (χ2v) is 7.01. The average Bonchev–Trinajstić information content (AvgIpc) is 3.33. The van der Waals surface area contributed by atoms with Gasteiger partial charge in [-0.2, -0.15) is 9.90 Å². The van der Waals surface area contributed by atoms with Gasteiger partial charge in [-0.05, 0) is 35.0 Å². The number of nitrogens with zero attached hydrogens (tertiary/aromatic N) is 5. The van der Waals surface area contributed by atoms with Crippen molar-refractivity contribution in [3.05, 3.63) is 89.5 Å². The lowest BCUT2D eigenvalue weighted by Crippen LogP contribution is -2.17. The fraction of sp³-hybridized carbons (Fsp3) is 0.125. The fourth-order valence-electron chi connectivity index (χ4n) is 3.09. The van der Waals surface area contributed by atoms with Gasteiger partial charge in [-0.15, -0.1) is 10.2 Å². The van der Waals surface area contributed by atoms with Crippen LogP contribution >= 0.6 is 0 Å². The number of ether oxygens (including phenoxy) is 2. The minimum absolute atomic E-state index is 0.324. The molecule has 1 aromatic heterocycles. The van der Waals surface area contributed by atoms with Gasteiger partial charge in [0.15, 0.2) is 0 Å². The first-order valence-electron chi connectivity index (χ1n) is 10.1. The van der Waals surface area contributed by atoms with Crippen molar-refractivity contribution in [2.45, 2.75) is 6.54 Å². The van der Waals surface area contributed by atoms with E-state index in [9.17, 15) is 4.79 Å². The Balaban J connectivity index is 1.36. The molecule has 9 heteroatoms. The Kier molecular flexibility index (Phi) is 6.70. The molecule has 4 rings (SSSR count). The Labute approximate surface area is 190 Å². The third-order valence-corrected chi connectivity index (χ3v) is 4.84. The summed E-state index contributed by atoms with van der Waals surface area (Å²) in [6.07, 6.45) is 1.52. The maximum atomic E-state index is 12.4. The molecule has 0 spiro atoms. The molecule has 0 fully saturated rings. The van der Waals surface area contributed by atoms with Crippen LogP contribution in [0.3, 0.4) is 0 Å². The van der Waals surface area contributed by atoms with Crippen LogP contribution in [-0.2, 0) is 6.54 Å². The molecule has 0 aliphatic rings. The van der Waals surface area contributed by atoms with Crippen molar-refractivity contribution in [1.29, 1.82) is 0 Å². The first-order chi connectivity index (χ1) is 16.2. The molecule has 1 heterocycles. The largest absolute Gasteiger partial charge is 0.497 e. The van der Waals surface area contributed by atoms with Crippen molar-refractivity contribution in [3.8, 4) is 22.9 Å². The van der Waals surface area contributed by atoms with E-state index in [0.717, 1.165) is 11.1 Å². The number of carbonyl (C=O) groups is 1. The number of nitrogens with one attached hydrogen (secondary N) is 1. The molecule has 0 unspecified atom stereocenters. The number of rotatable bonds is 8. The lowest BCUT2D eigenvalue weighted by atomic mass is 10.1. The van der Waals surface area contributed by atoms with Crippen LogP contribution in [0.15, 0.2) is 77.9 Å². The molecule has 1 amide bonds. The van der Waals surface area contributed by atoms with Crippen molar-refractivity contribution in [2.75, 3.05) is 14.2 Å². The Bertz CT molecular complexity index is 1250. The maximum absolute atomic E-state index is 12.4. The highest BCUT2D eigenvalue weighted by Crippen LogP contribution is 2.23. The van der Waals surface area contributed by atoms with Crippen LogP contribution in [0, 0.1) is 0 Å². The molecule has 4 aromatic rings. The Morgan fingerprint density at radius 1 is 1.03 bits per heavy atom. The summed E-state index contributed by atoms with van der Waals surface area (Å²) in [4.78, 5) is 13.9. The number of hydrogen-bond donors (Lipinski definition) is 1. The topological polar surface area (TPSA) is 104 Å². The van der Waals surface area contributed by atoms with Gasteiger partial charge in [0.05, 0.1) is 27.0 Å². The first kappa shape index (κ1) is 21.7. The summed E-state index contributed by atoms with van der Waals surface area (Å²) in [6.45, 7) is 0.442. The number of tetrazole rings is 1. The molecule has 3 aromatic carbocycles. The predicted octanol–water partition coefficient (Wildman–Crippen LogP) is 3.17. The third-order valence-electron chi connectivity index (χ3n) is 4.84. The number of carbonyl (C=O) groups excluding carboxylic acids is 1. The van der Waals surface area contributed by atoms with E-state index in [1.165, 1.54) is 11.0 Å². The first-order valence-corrected chi connectivity index (χ1v) is 10.1. The lowest BCUT2D eigenvalue weighted by Gasteiger charge is -2.07. The lowest BCUT2D eigenvalue weighted by molar-refractivity contribution is 0.0955. The number of aromatic nitrogens is 4. The van der Waals surface area contributed by atoms with Crippen molar-refractivity contribution in [3.63, 3.8) is 0 Å². The van der Waals surface area contributed by atoms with E-state index >= 15 is 0 Å². The molecule has 0 radical (unpaired) electrons. The molecule has 1 N–H and O–H groups in total. The second-order valence-electron chi connectivity index (χ2n) is 7.01. The smallest absolute Gasteiger partial charge is 0.271 e. The normalized spacial score (nSPS) is 10.8. The van der Waals surface area contributed by atoms with Crippen LogP contribution in [0.1, 0.15) is 21.5 Å². The molecule has 166 valence electrons. The van der Waals surface area contributed by atoms with Crippen LogP contribution in [0.2, 0.25) is 0 Å². The van der Waals surface area contributed by atoms with Gasteiger partial charge in [-0.25, -0.2) is 5.43 Å². The molecule has 0 aliphatic carbocycles. The zero-order chi connectivity index (χ0) is 23.0. The highest BCUT2D eigenvalue weighted by molar-refractivity contribution is 5.95. The van der Waals surface area contributed by atoms with E-state index < -0.39 is 0 Å². The van der Waals surface area contributed by atoms with E-state index in [0.29, 0.717) is 35.0 Å². The van der Waals surface area contributed by atoms with E-state index in [4.69, 9.17) is 9.47 Å². The monoisotopic (exact) mass is 442 g/mol. The maximum Gasteiger partial charge on any atom is 0.271 e. The van der Waals surface area contributed by atoms with E-state index in [2.05, 4.69) is 25.9 Å². The van der Waals surface area contributed by atoms with Crippen LogP contribution < -0.4 is 14.9 Å². The molecule has 0 saturated heterocycles. The van der Waals surface area contributed by atoms with Crippen molar-refractivity contribution in [1.82, 2.24) is 25.6 Å². The molecular formula is C24H22N6O3. The molecule has 0 bridgehead atoms. The van der Waals surface area contributed by atoms with Crippen molar-refractivity contribution < 1.29 is 14.3 Å². The number of amides is 1. The van der Waals surface area contributed by atoms with Gasteiger partial charge in [0.1, 0.15) is 11.5 Å². The SMILES string of the molecule is COc1ccc(/C=N/NC(=O)c2ccc(Cn3nnc(-c4ccccc4)n3)cc2)c(OC)c1. The van der Waals surface area contributed by atoms with Crippen LogP contribution in [0.25, 0.3) is 11.4 Å². The minimum atomic E-state index is -0.324.